The molecule has 0 fully saturated rings. The lowest BCUT2D eigenvalue weighted by Crippen LogP contribution is -2.45. The van der Waals surface area contributed by atoms with Crippen molar-refractivity contribution in [2.75, 3.05) is 24.0 Å². The number of Topliss-reactive ketones (excluding diaryl/α,β-unsaturated/α-hetero) is 2. The molecule has 0 saturated carbocycles. The van der Waals surface area contributed by atoms with Crippen LogP contribution in [0.2, 0.25) is 0 Å². The molecule has 28 heavy (non-hydrogen) atoms. The smallest absolute Gasteiger partial charge is 0.152 e. The van der Waals surface area contributed by atoms with E-state index in [1.807, 2.05) is 20.8 Å². The molecule has 2 N–H and O–H groups in total. The van der Waals surface area contributed by atoms with E-state index in [9.17, 15) is 9.59 Å². The zero-order valence-electron chi connectivity index (χ0n) is 18.8. The molecule has 4 atom stereocenters. The van der Waals surface area contributed by atoms with Crippen molar-refractivity contribution in [2.24, 2.45) is 11.8 Å². The number of hydrogen-bond acceptors (Lipinski definition) is 7. The molecule has 0 aliphatic carbocycles. The SMILES string of the molecule is CSCC[C@H](NC(C)C)C(=O)C(C)CCC(S)N[C@H](CCSC)C(=O)C(C)C. The Labute approximate surface area is 187 Å². The summed E-state index contributed by atoms with van der Waals surface area (Å²) in [5.41, 5.74) is 0. The first-order chi connectivity index (χ1) is 13.1. The van der Waals surface area contributed by atoms with Gasteiger partial charge in [0.15, 0.2) is 11.6 Å². The van der Waals surface area contributed by atoms with Crippen LogP contribution in [0.5, 0.6) is 0 Å². The van der Waals surface area contributed by atoms with Crippen molar-refractivity contribution in [2.45, 2.75) is 83.8 Å². The lowest BCUT2D eigenvalue weighted by atomic mass is 9.93. The molecule has 0 radical (unpaired) electrons. The number of thioether (sulfide) groups is 2. The maximum absolute atomic E-state index is 12.9. The zero-order valence-corrected chi connectivity index (χ0v) is 21.3. The number of carbonyl (C=O) groups is 2. The van der Waals surface area contributed by atoms with Crippen LogP contribution in [0.25, 0.3) is 0 Å². The molecule has 166 valence electrons. The van der Waals surface area contributed by atoms with E-state index in [1.54, 1.807) is 23.5 Å². The van der Waals surface area contributed by atoms with Gasteiger partial charge in [-0.1, -0.05) is 34.6 Å². The van der Waals surface area contributed by atoms with Crippen molar-refractivity contribution in [3.8, 4) is 0 Å². The van der Waals surface area contributed by atoms with Gasteiger partial charge in [0.1, 0.15) is 0 Å². The van der Waals surface area contributed by atoms with Crippen LogP contribution >= 0.6 is 36.2 Å². The molecule has 0 aromatic rings. The maximum atomic E-state index is 12.9. The molecule has 0 aromatic carbocycles. The number of thiol groups is 1. The zero-order chi connectivity index (χ0) is 21.7. The molecule has 0 saturated heterocycles. The third-order valence-electron chi connectivity index (χ3n) is 4.76. The van der Waals surface area contributed by atoms with E-state index in [0.717, 1.165) is 37.2 Å². The fourth-order valence-corrected chi connectivity index (χ4v) is 4.37. The summed E-state index contributed by atoms with van der Waals surface area (Å²) >= 11 is 8.19. The van der Waals surface area contributed by atoms with Crippen molar-refractivity contribution in [1.29, 1.82) is 0 Å². The van der Waals surface area contributed by atoms with Gasteiger partial charge in [-0.25, -0.2) is 0 Å². The van der Waals surface area contributed by atoms with E-state index in [-0.39, 0.29) is 35.1 Å². The van der Waals surface area contributed by atoms with E-state index in [0.29, 0.717) is 11.8 Å². The van der Waals surface area contributed by atoms with Crippen molar-refractivity contribution >= 4 is 47.7 Å². The predicted octanol–water partition coefficient (Wildman–Crippen LogP) is 4.28. The molecule has 0 aliphatic rings. The minimum Gasteiger partial charge on any atom is -0.305 e. The standard InChI is InChI=1S/C21H42N2O2S3/c1-14(2)20(24)17(10-12-27-6)23-19(26)9-8-16(5)21(25)18(11-13-28-7)22-15(3)4/h14-19,22-23,26H,8-13H2,1-7H3/t16?,17-,18+,19?/m1/s1. The molecule has 4 nitrogen and oxygen atoms in total. The van der Waals surface area contributed by atoms with Gasteiger partial charge >= 0.3 is 0 Å². The van der Waals surface area contributed by atoms with Crippen molar-refractivity contribution in [1.82, 2.24) is 10.6 Å². The molecule has 2 unspecified atom stereocenters. The molecule has 0 heterocycles. The van der Waals surface area contributed by atoms with Crippen LogP contribution in [0.1, 0.15) is 60.3 Å². The van der Waals surface area contributed by atoms with E-state index < -0.39 is 0 Å². The molecule has 0 rings (SSSR count). The minimum atomic E-state index is -0.155. The average molecular weight is 451 g/mol. The van der Waals surface area contributed by atoms with Crippen LogP contribution in [0.3, 0.4) is 0 Å². The summed E-state index contributed by atoms with van der Waals surface area (Å²) in [6.45, 7) is 10.1. The Bertz CT molecular complexity index is 447. The van der Waals surface area contributed by atoms with E-state index in [1.165, 1.54) is 0 Å². The van der Waals surface area contributed by atoms with Crippen LogP contribution in [0, 0.1) is 11.8 Å². The van der Waals surface area contributed by atoms with Crippen LogP contribution in [0.15, 0.2) is 0 Å². The fourth-order valence-electron chi connectivity index (χ4n) is 3.10. The number of carbonyl (C=O) groups excluding carboxylic acids is 2. The van der Waals surface area contributed by atoms with Gasteiger partial charge in [0.25, 0.3) is 0 Å². The molecule has 0 amide bonds. The number of ketones is 2. The van der Waals surface area contributed by atoms with Crippen LogP contribution in [0.4, 0.5) is 0 Å². The lowest BCUT2D eigenvalue weighted by Gasteiger charge is -2.26. The van der Waals surface area contributed by atoms with Crippen LogP contribution in [-0.2, 0) is 9.59 Å². The van der Waals surface area contributed by atoms with Gasteiger partial charge in [0.2, 0.25) is 0 Å². The second-order valence-electron chi connectivity index (χ2n) is 8.11. The Morgan fingerprint density at radius 3 is 1.71 bits per heavy atom. The van der Waals surface area contributed by atoms with Gasteiger partial charge < -0.3 is 5.32 Å². The predicted molar refractivity (Wildman–Crippen MR) is 131 cm³/mol. The van der Waals surface area contributed by atoms with Gasteiger partial charge in [0, 0.05) is 17.9 Å². The van der Waals surface area contributed by atoms with Crippen molar-refractivity contribution < 1.29 is 9.59 Å². The second-order valence-corrected chi connectivity index (χ2v) is 10.7. The number of rotatable bonds is 17. The van der Waals surface area contributed by atoms with Crippen molar-refractivity contribution in [3.05, 3.63) is 0 Å². The van der Waals surface area contributed by atoms with Gasteiger partial charge in [-0.3, -0.25) is 14.9 Å². The second kappa shape index (κ2) is 16.1. The largest absolute Gasteiger partial charge is 0.305 e. The molecule has 0 spiro atoms. The highest BCUT2D eigenvalue weighted by atomic mass is 32.2. The Balaban J connectivity index is 4.67. The Morgan fingerprint density at radius 1 is 0.786 bits per heavy atom. The summed E-state index contributed by atoms with van der Waals surface area (Å²) in [5.74, 6) is 2.47. The Morgan fingerprint density at radius 2 is 1.29 bits per heavy atom. The van der Waals surface area contributed by atoms with Crippen molar-refractivity contribution in [3.63, 3.8) is 0 Å². The Kier molecular flexibility index (Phi) is 16.2. The first kappa shape index (κ1) is 28.3. The highest BCUT2D eigenvalue weighted by molar-refractivity contribution is 7.98. The summed E-state index contributed by atoms with van der Waals surface area (Å²) < 4.78 is 0. The summed E-state index contributed by atoms with van der Waals surface area (Å²) in [4.78, 5) is 25.3. The molecular weight excluding hydrogens is 408 g/mol. The lowest BCUT2D eigenvalue weighted by molar-refractivity contribution is -0.125. The highest BCUT2D eigenvalue weighted by Crippen LogP contribution is 2.17. The Hall–Kier alpha value is 0.310. The average Bonchev–Trinajstić information content (AvgIpc) is 2.64. The van der Waals surface area contributed by atoms with Gasteiger partial charge in [-0.15, -0.1) is 0 Å². The van der Waals surface area contributed by atoms with Gasteiger partial charge in [0.05, 0.1) is 17.5 Å². The molecule has 7 heteroatoms. The van der Waals surface area contributed by atoms with E-state index in [2.05, 4.69) is 49.6 Å². The number of nitrogens with one attached hydrogen (secondary N) is 2. The third kappa shape index (κ3) is 12.1. The third-order valence-corrected chi connectivity index (χ3v) is 6.46. The fraction of sp³-hybridized carbons (Fsp3) is 0.905. The summed E-state index contributed by atoms with van der Waals surface area (Å²) in [6.07, 6.45) is 7.36. The normalized spacial score (nSPS) is 16.2. The monoisotopic (exact) mass is 450 g/mol. The molecule has 0 aromatic heterocycles. The summed E-state index contributed by atoms with van der Waals surface area (Å²) in [6, 6.07) is 0.0602. The molecular formula is C21H42N2O2S3. The van der Waals surface area contributed by atoms with Crippen LogP contribution in [-0.4, -0.2) is 59.1 Å². The first-order valence-electron chi connectivity index (χ1n) is 10.4. The molecule has 0 aliphatic heterocycles. The summed E-state index contributed by atoms with van der Waals surface area (Å²) in [7, 11) is 0. The highest BCUT2D eigenvalue weighted by Gasteiger charge is 2.26. The molecule has 0 bridgehead atoms. The van der Waals surface area contributed by atoms with Gasteiger partial charge in [-0.05, 0) is 49.7 Å². The number of hydrogen-bond donors (Lipinski definition) is 3. The van der Waals surface area contributed by atoms with Gasteiger partial charge in [-0.2, -0.15) is 36.2 Å². The first-order valence-corrected chi connectivity index (χ1v) is 13.7. The maximum Gasteiger partial charge on any atom is 0.152 e. The van der Waals surface area contributed by atoms with E-state index in [4.69, 9.17) is 0 Å². The van der Waals surface area contributed by atoms with Crippen LogP contribution < -0.4 is 10.6 Å². The minimum absolute atomic E-state index is 0.0136. The topological polar surface area (TPSA) is 58.2 Å². The van der Waals surface area contributed by atoms with E-state index >= 15 is 0 Å². The quantitative estimate of drug-likeness (QED) is 0.227. The summed E-state index contributed by atoms with van der Waals surface area (Å²) in [5, 5.41) is 6.74.